The van der Waals surface area contributed by atoms with Gasteiger partial charge >= 0.3 is 0 Å². The standard InChI is InChI=1S/C39H48N4O/c1-9-23-25(11-3)34-21-36-27(13-5)29(15-7)38(42-36)31(18-17-19-44)39-30(16-8)28(14-6)37(43-39)22-35-26(12-4)24(10-2)33(41-35)20-32(23)40-34/h17-22,40,44H,9-16H2,1-8H3. The molecule has 5 nitrogen and oxygen atoms in total. The summed E-state index contributed by atoms with van der Waals surface area (Å²) in [6.07, 6.45) is 18.8. The molecular formula is C39H48N4O. The van der Waals surface area contributed by atoms with E-state index in [2.05, 4.69) is 78.6 Å². The van der Waals surface area contributed by atoms with Crippen molar-refractivity contribution in [3.05, 3.63) is 103 Å². The van der Waals surface area contributed by atoms with Gasteiger partial charge in [0.05, 0.1) is 40.5 Å². The van der Waals surface area contributed by atoms with Gasteiger partial charge in [-0.2, -0.15) is 0 Å². The van der Waals surface area contributed by atoms with Crippen LogP contribution in [-0.2, 0) is 12.8 Å². The molecule has 0 saturated carbocycles. The molecule has 0 fully saturated rings. The third kappa shape index (κ3) is 5.21. The minimum Gasteiger partial charge on any atom is -0.516 e. The Kier molecular flexibility index (Phi) is 9.53. The summed E-state index contributed by atoms with van der Waals surface area (Å²) in [5, 5.41) is 9.77. The monoisotopic (exact) mass is 588 g/mol. The predicted octanol–water partition coefficient (Wildman–Crippen LogP) is 10.4. The highest BCUT2D eigenvalue weighted by Crippen LogP contribution is 2.41. The number of aliphatic imine (C=N–C) groups is 3. The first kappa shape index (κ1) is 31.4. The van der Waals surface area contributed by atoms with Crippen LogP contribution in [0.25, 0.3) is 12.2 Å². The molecule has 0 saturated heterocycles. The molecule has 5 rings (SSSR count). The number of rotatable bonds is 9. The molecule has 0 aliphatic carbocycles. The fourth-order valence-corrected chi connectivity index (χ4v) is 7.43. The summed E-state index contributed by atoms with van der Waals surface area (Å²) >= 11 is 0. The number of nitrogens with one attached hydrogen (secondary N) is 1. The van der Waals surface area contributed by atoms with Gasteiger partial charge < -0.3 is 10.1 Å². The number of hydrogen-bond donors (Lipinski definition) is 2. The number of H-pyrrole nitrogens is 1. The van der Waals surface area contributed by atoms with E-state index in [0.29, 0.717) is 0 Å². The highest BCUT2D eigenvalue weighted by Gasteiger charge is 2.32. The molecule has 4 aliphatic rings. The van der Waals surface area contributed by atoms with Gasteiger partial charge in [0.2, 0.25) is 0 Å². The van der Waals surface area contributed by atoms with Gasteiger partial charge in [0.15, 0.2) is 0 Å². The van der Waals surface area contributed by atoms with Crippen LogP contribution in [-0.4, -0.2) is 27.2 Å². The lowest BCUT2D eigenvalue weighted by atomic mass is 9.88. The topological polar surface area (TPSA) is 73.1 Å². The number of aliphatic hydroxyl groups is 1. The second kappa shape index (κ2) is 13.3. The van der Waals surface area contributed by atoms with Gasteiger partial charge in [-0.3, -0.25) is 0 Å². The Morgan fingerprint density at radius 3 is 1.41 bits per heavy atom. The predicted molar refractivity (Wildman–Crippen MR) is 189 cm³/mol. The van der Waals surface area contributed by atoms with Crippen LogP contribution in [0.1, 0.15) is 116 Å². The molecule has 0 spiro atoms. The maximum atomic E-state index is 9.77. The average molecular weight is 589 g/mol. The zero-order chi connectivity index (χ0) is 31.5. The molecular weight excluding hydrogens is 540 g/mol. The van der Waals surface area contributed by atoms with Crippen LogP contribution in [0.4, 0.5) is 0 Å². The largest absolute Gasteiger partial charge is 0.516 e. The maximum Gasteiger partial charge on any atom is 0.0791 e. The van der Waals surface area contributed by atoms with E-state index >= 15 is 0 Å². The Morgan fingerprint density at radius 1 is 0.545 bits per heavy atom. The molecule has 8 bridgehead atoms. The molecule has 2 N–H and O–H groups in total. The van der Waals surface area contributed by atoms with E-state index in [1.54, 1.807) is 6.08 Å². The van der Waals surface area contributed by atoms with Crippen molar-refractivity contribution >= 4 is 29.3 Å². The summed E-state index contributed by atoms with van der Waals surface area (Å²) in [6, 6.07) is 0. The van der Waals surface area contributed by atoms with E-state index < -0.39 is 0 Å². The second-order valence-electron chi connectivity index (χ2n) is 11.5. The number of aromatic nitrogens is 1. The summed E-state index contributed by atoms with van der Waals surface area (Å²) in [7, 11) is 0. The third-order valence-corrected chi connectivity index (χ3v) is 9.41. The van der Waals surface area contributed by atoms with Gasteiger partial charge in [0.25, 0.3) is 0 Å². The summed E-state index contributed by atoms with van der Waals surface area (Å²) in [4.78, 5) is 19.9. The molecule has 4 aliphatic heterocycles. The van der Waals surface area contributed by atoms with Crippen molar-refractivity contribution in [1.82, 2.24) is 4.98 Å². The van der Waals surface area contributed by atoms with Crippen molar-refractivity contribution < 1.29 is 5.11 Å². The van der Waals surface area contributed by atoms with Crippen LogP contribution >= 0.6 is 0 Å². The van der Waals surface area contributed by atoms with Crippen LogP contribution < -0.4 is 0 Å². The molecule has 1 aromatic rings. The van der Waals surface area contributed by atoms with Crippen LogP contribution in [0.3, 0.4) is 0 Å². The van der Waals surface area contributed by atoms with E-state index in [9.17, 15) is 5.11 Å². The zero-order valence-electron chi connectivity index (χ0n) is 27.9. The van der Waals surface area contributed by atoms with Gasteiger partial charge in [0.1, 0.15) is 0 Å². The third-order valence-electron chi connectivity index (χ3n) is 9.41. The summed E-state index contributed by atoms with van der Waals surface area (Å²) in [5.74, 6) is 0. The van der Waals surface area contributed by atoms with E-state index in [-0.39, 0.29) is 0 Å². The second-order valence-corrected chi connectivity index (χ2v) is 11.5. The normalized spacial score (nSPS) is 19.3. The maximum absolute atomic E-state index is 9.77. The first-order chi connectivity index (χ1) is 21.4. The lowest BCUT2D eigenvalue weighted by Crippen LogP contribution is -2.15. The Bertz CT molecular complexity index is 1720. The molecule has 0 radical (unpaired) electrons. The summed E-state index contributed by atoms with van der Waals surface area (Å²) in [5.41, 5.74) is 19.6. The lowest BCUT2D eigenvalue weighted by Gasteiger charge is -2.13. The molecule has 44 heavy (non-hydrogen) atoms. The number of allylic oxidation sites excluding steroid dienone is 10. The fourth-order valence-electron chi connectivity index (χ4n) is 7.43. The van der Waals surface area contributed by atoms with Gasteiger partial charge in [-0.15, -0.1) is 0 Å². The quantitative estimate of drug-likeness (QED) is 0.277. The van der Waals surface area contributed by atoms with Crippen LogP contribution in [0.15, 0.2) is 95.6 Å². The summed E-state index contributed by atoms with van der Waals surface area (Å²) < 4.78 is 0. The molecule has 0 atom stereocenters. The van der Waals surface area contributed by atoms with E-state index in [4.69, 9.17) is 15.0 Å². The number of aromatic amines is 1. The van der Waals surface area contributed by atoms with Crippen LogP contribution in [0.2, 0.25) is 0 Å². The van der Waals surface area contributed by atoms with Gasteiger partial charge in [-0.1, -0.05) is 55.4 Å². The molecule has 5 heterocycles. The molecule has 0 amide bonds. The first-order valence-corrected chi connectivity index (χ1v) is 16.8. The number of nitrogens with zero attached hydrogens (tertiary/aromatic N) is 3. The Balaban J connectivity index is 1.93. The van der Waals surface area contributed by atoms with E-state index in [1.165, 1.54) is 44.6 Å². The van der Waals surface area contributed by atoms with Gasteiger partial charge in [0, 0.05) is 17.0 Å². The van der Waals surface area contributed by atoms with Crippen molar-refractivity contribution in [1.29, 1.82) is 0 Å². The average Bonchev–Trinajstić information content (AvgIpc) is 3.76. The molecule has 5 heteroatoms. The minimum atomic E-state index is 0.861. The highest BCUT2D eigenvalue weighted by atomic mass is 16.2. The SMILES string of the molecule is CCC1=C(CC)C2=NC1=Cc1[nH]c(c(CC)c1CC)C=C1N=C(C(=CC=CO)C3=NC(=C2)C(CC)=C3CC)C(CC)=C1CC. The van der Waals surface area contributed by atoms with E-state index in [1.807, 2.05) is 6.08 Å². The van der Waals surface area contributed by atoms with Crippen molar-refractivity contribution in [2.45, 2.75) is 107 Å². The van der Waals surface area contributed by atoms with Gasteiger partial charge in [-0.25, -0.2) is 15.0 Å². The Morgan fingerprint density at radius 2 is 0.977 bits per heavy atom. The van der Waals surface area contributed by atoms with Crippen LogP contribution in [0, 0.1) is 0 Å². The van der Waals surface area contributed by atoms with Crippen molar-refractivity contribution in [2.24, 2.45) is 15.0 Å². The van der Waals surface area contributed by atoms with Crippen molar-refractivity contribution in [3.63, 3.8) is 0 Å². The lowest BCUT2D eigenvalue weighted by molar-refractivity contribution is 0.473. The highest BCUT2D eigenvalue weighted by molar-refractivity contribution is 6.37. The number of hydrogen-bond acceptors (Lipinski definition) is 4. The Hall–Kier alpha value is -3.99. The molecule has 0 unspecified atom stereocenters. The van der Waals surface area contributed by atoms with Crippen molar-refractivity contribution in [2.75, 3.05) is 0 Å². The fraction of sp³-hybridized carbons (Fsp3) is 0.410. The number of fused-ring (bicyclic) bond motifs is 5. The van der Waals surface area contributed by atoms with Crippen molar-refractivity contribution in [3.8, 4) is 0 Å². The molecule has 230 valence electrons. The first-order valence-electron chi connectivity index (χ1n) is 16.8. The number of aliphatic hydroxyl groups excluding tert-OH is 1. The molecule has 1 aromatic heterocycles. The molecule has 0 aromatic carbocycles. The van der Waals surface area contributed by atoms with Gasteiger partial charge in [-0.05, 0) is 126 Å². The smallest absolute Gasteiger partial charge is 0.0791 e. The summed E-state index contributed by atoms with van der Waals surface area (Å²) in [6.45, 7) is 17.8. The van der Waals surface area contributed by atoms with Crippen LogP contribution in [0.5, 0.6) is 0 Å². The Labute approximate surface area is 263 Å². The zero-order valence-corrected chi connectivity index (χ0v) is 27.9. The van der Waals surface area contributed by atoms with E-state index in [0.717, 1.165) is 109 Å². The minimum absolute atomic E-state index is 0.861.